The Bertz CT molecular complexity index is 1060. The van der Waals surface area contributed by atoms with Gasteiger partial charge in [0.1, 0.15) is 6.17 Å². The third-order valence-electron chi connectivity index (χ3n) is 5.59. The molecule has 1 aromatic carbocycles. The lowest BCUT2D eigenvalue weighted by Crippen LogP contribution is -2.29. The minimum atomic E-state index is -4.81. The third-order valence-corrected chi connectivity index (χ3v) is 7.76. The number of hydrogen-bond donors (Lipinski definition) is 2. The van der Waals surface area contributed by atoms with Crippen LogP contribution in [-0.2, 0) is 16.2 Å². The predicted octanol–water partition coefficient (Wildman–Crippen LogP) is 3.95. The summed E-state index contributed by atoms with van der Waals surface area (Å²) in [5.41, 5.74) is -1.38. The van der Waals surface area contributed by atoms with E-state index >= 15 is 0 Å². The van der Waals surface area contributed by atoms with Gasteiger partial charge in [-0.25, -0.2) is 17.8 Å². The van der Waals surface area contributed by atoms with Crippen LogP contribution in [0.5, 0.6) is 0 Å². The Morgan fingerprint density at radius 3 is 2.74 bits per heavy atom. The van der Waals surface area contributed by atoms with Crippen molar-refractivity contribution < 1.29 is 30.4 Å². The highest BCUT2D eigenvalue weighted by atomic mass is 32.2. The topological polar surface area (TPSA) is 74.3 Å². The number of sulfonamides is 1. The van der Waals surface area contributed by atoms with Gasteiger partial charge in [0, 0.05) is 24.8 Å². The van der Waals surface area contributed by atoms with E-state index in [9.17, 15) is 30.4 Å². The Morgan fingerprint density at radius 1 is 1.29 bits per heavy atom. The van der Waals surface area contributed by atoms with Crippen molar-refractivity contribution in [3.05, 3.63) is 35.1 Å². The first-order chi connectivity index (χ1) is 14.5. The van der Waals surface area contributed by atoms with Crippen molar-refractivity contribution in [3.63, 3.8) is 0 Å². The van der Waals surface area contributed by atoms with Gasteiger partial charge in [-0.1, -0.05) is 11.3 Å². The second-order valence-electron chi connectivity index (χ2n) is 7.61. The number of alkyl halides is 4. The molecule has 2 aliphatic rings. The lowest BCUT2D eigenvalue weighted by Gasteiger charge is -2.22. The Labute approximate surface area is 179 Å². The first kappa shape index (κ1) is 22.2. The van der Waals surface area contributed by atoms with Crippen LogP contribution >= 0.6 is 11.3 Å². The smallest absolute Gasteiger partial charge is 0.384 e. The van der Waals surface area contributed by atoms with Gasteiger partial charge in [-0.15, -0.1) is 0 Å². The quantitative estimate of drug-likeness (QED) is 0.610. The molecule has 2 aliphatic heterocycles. The monoisotopic (exact) mass is 482 g/mol. The summed E-state index contributed by atoms with van der Waals surface area (Å²) < 4.78 is 94.4. The van der Waals surface area contributed by atoms with E-state index in [-0.39, 0.29) is 29.3 Å². The van der Waals surface area contributed by atoms with Gasteiger partial charge in [-0.2, -0.15) is 17.6 Å². The fourth-order valence-corrected chi connectivity index (χ4v) is 5.99. The molecule has 0 amide bonds. The predicted molar refractivity (Wildman–Crippen MR) is 106 cm³/mol. The molecule has 0 saturated carbocycles. The lowest BCUT2D eigenvalue weighted by molar-refractivity contribution is -0.137. The van der Waals surface area contributed by atoms with Gasteiger partial charge in [0.05, 0.1) is 16.7 Å². The number of nitrogens with one attached hydrogen (secondary N) is 2. The first-order valence-corrected chi connectivity index (χ1v) is 11.8. The van der Waals surface area contributed by atoms with Crippen molar-refractivity contribution in [2.24, 2.45) is 5.92 Å². The Morgan fingerprint density at radius 2 is 2.06 bits per heavy atom. The molecule has 4 rings (SSSR count). The number of benzene rings is 1. The maximum Gasteiger partial charge on any atom is 0.418 e. The highest BCUT2D eigenvalue weighted by Gasteiger charge is 2.42. The van der Waals surface area contributed by atoms with E-state index in [2.05, 4.69) is 10.3 Å². The molecule has 2 aromatic rings. The second kappa shape index (κ2) is 8.17. The van der Waals surface area contributed by atoms with Gasteiger partial charge in [0.15, 0.2) is 10.3 Å². The van der Waals surface area contributed by atoms with Crippen molar-refractivity contribution >= 4 is 32.2 Å². The fraction of sp³-hybridized carbons (Fsp3) is 0.500. The molecule has 2 N–H and O–H groups in total. The minimum absolute atomic E-state index is 0.000575. The molecule has 1 aromatic heterocycles. The van der Waals surface area contributed by atoms with E-state index < -0.39 is 38.0 Å². The zero-order chi connectivity index (χ0) is 22.4. The molecular formula is C18H19F5N4O2S2. The summed E-state index contributed by atoms with van der Waals surface area (Å²) in [7, 11) is -4.39. The average molecular weight is 483 g/mol. The third kappa shape index (κ3) is 4.77. The fourth-order valence-electron chi connectivity index (χ4n) is 4.18. The Kier molecular flexibility index (Phi) is 5.85. The summed E-state index contributed by atoms with van der Waals surface area (Å²) in [4.78, 5) is 4.91. The molecule has 0 spiro atoms. The summed E-state index contributed by atoms with van der Waals surface area (Å²) in [5, 5.41) is 1.75. The lowest BCUT2D eigenvalue weighted by atomic mass is 9.97. The van der Waals surface area contributed by atoms with E-state index in [0.29, 0.717) is 36.9 Å². The molecule has 170 valence electrons. The van der Waals surface area contributed by atoms with E-state index in [1.165, 1.54) is 0 Å². The Balaban J connectivity index is 1.53. The van der Waals surface area contributed by atoms with Gasteiger partial charge >= 0.3 is 6.18 Å². The summed E-state index contributed by atoms with van der Waals surface area (Å²) in [6.07, 6.45) is -3.79. The van der Waals surface area contributed by atoms with Crippen LogP contribution in [0, 0.1) is 11.0 Å². The van der Waals surface area contributed by atoms with E-state index in [4.69, 9.17) is 0 Å². The minimum Gasteiger partial charge on any atom is -0.384 e. The largest absolute Gasteiger partial charge is 0.418 e. The number of aromatic nitrogens is 1. The van der Waals surface area contributed by atoms with Crippen LogP contribution in [0.4, 0.5) is 32.8 Å². The maximum absolute atomic E-state index is 13.6. The van der Waals surface area contributed by atoms with Crippen LogP contribution in [-0.4, -0.2) is 50.1 Å². The number of anilines is 2. The number of halogens is 5. The zero-order valence-electron chi connectivity index (χ0n) is 16.0. The maximum atomic E-state index is 13.6. The molecule has 0 bridgehead atoms. The SMILES string of the molecule is O=S(=O)(Nc1ncc(F)s1)c1ccc(NC[C@@H]2CCN3CC(F)CC23)c(C(F)(F)F)c1. The van der Waals surface area contributed by atoms with Crippen molar-refractivity contribution in [2.75, 3.05) is 29.7 Å². The van der Waals surface area contributed by atoms with Crippen molar-refractivity contribution in [3.8, 4) is 0 Å². The zero-order valence-corrected chi connectivity index (χ0v) is 17.6. The van der Waals surface area contributed by atoms with Crippen LogP contribution in [0.1, 0.15) is 18.4 Å². The summed E-state index contributed by atoms with van der Waals surface area (Å²) >= 11 is 0.419. The van der Waals surface area contributed by atoms with E-state index in [1.54, 1.807) is 0 Å². The molecule has 0 aliphatic carbocycles. The van der Waals surface area contributed by atoms with Gasteiger partial charge < -0.3 is 5.32 Å². The summed E-state index contributed by atoms with van der Waals surface area (Å²) in [6, 6.07) is 2.62. The van der Waals surface area contributed by atoms with Crippen molar-refractivity contribution in [2.45, 2.75) is 36.1 Å². The van der Waals surface area contributed by atoms with E-state index in [0.717, 1.165) is 24.8 Å². The molecule has 2 fully saturated rings. The molecule has 2 unspecified atom stereocenters. The molecule has 0 radical (unpaired) electrons. The number of thiazole rings is 1. The van der Waals surface area contributed by atoms with Crippen molar-refractivity contribution in [1.82, 2.24) is 9.88 Å². The second-order valence-corrected chi connectivity index (χ2v) is 10.3. The Hall–Kier alpha value is -1.99. The number of fused-ring (bicyclic) bond motifs is 1. The van der Waals surface area contributed by atoms with Crippen LogP contribution in [0.3, 0.4) is 0 Å². The number of rotatable bonds is 6. The van der Waals surface area contributed by atoms with Gasteiger partial charge in [0.25, 0.3) is 10.0 Å². The molecule has 6 nitrogen and oxygen atoms in total. The molecule has 13 heteroatoms. The number of nitrogens with zero attached hydrogens (tertiary/aromatic N) is 2. The summed E-state index contributed by atoms with van der Waals surface area (Å²) in [5.74, 6) is 0.00621. The molecular weight excluding hydrogens is 463 g/mol. The highest BCUT2D eigenvalue weighted by molar-refractivity contribution is 7.93. The van der Waals surface area contributed by atoms with Gasteiger partial charge in [-0.3, -0.25) is 9.62 Å². The van der Waals surface area contributed by atoms with E-state index in [1.807, 2.05) is 9.62 Å². The molecule has 3 heterocycles. The highest BCUT2D eigenvalue weighted by Crippen LogP contribution is 2.38. The molecule has 3 atom stereocenters. The normalized spacial score (nSPS) is 24.4. The van der Waals surface area contributed by atoms with Gasteiger partial charge in [-0.05, 0) is 43.5 Å². The molecule has 31 heavy (non-hydrogen) atoms. The van der Waals surface area contributed by atoms with Gasteiger partial charge in [0.2, 0.25) is 0 Å². The number of hydrogen-bond acceptors (Lipinski definition) is 6. The van der Waals surface area contributed by atoms with Crippen LogP contribution < -0.4 is 10.0 Å². The standard InChI is InChI=1S/C18H19F5N4O2S2/c19-11-5-15-10(3-4-27(15)9-11)7-24-14-2-1-12(6-13(14)18(21,22)23)31(28,29)26-17-25-8-16(20)30-17/h1-2,6,8,10-11,15,24H,3-5,7,9H2,(H,25,26)/t10-,11?,15?/m0/s1. The first-order valence-electron chi connectivity index (χ1n) is 9.50. The van der Waals surface area contributed by atoms with Crippen LogP contribution in [0.2, 0.25) is 0 Å². The van der Waals surface area contributed by atoms with Crippen LogP contribution in [0.25, 0.3) is 0 Å². The molecule has 2 saturated heterocycles. The van der Waals surface area contributed by atoms with Crippen molar-refractivity contribution in [1.29, 1.82) is 0 Å². The van der Waals surface area contributed by atoms with Crippen LogP contribution in [0.15, 0.2) is 29.3 Å². The average Bonchev–Trinajstić information content (AvgIpc) is 3.35. The summed E-state index contributed by atoms with van der Waals surface area (Å²) in [6.45, 7) is 1.29.